The summed E-state index contributed by atoms with van der Waals surface area (Å²) in [5, 5.41) is 33.8. The number of benzene rings is 2. The molecule has 104 heavy (non-hydrogen) atoms. The largest absolute Gasteiger partial charge is 0.480 e. The van der Waals surface area contributed by atoms with Crippen LogP contribution >= 0.6 is 0 Å². The van der Waals surface area contributed by atoms with Gasteiger partial charge < -0.3 is 80.0 Å². The Hall–Kier alpha value is -7.86. The Balaban J connectivity index is 0. The van der Waals surface area contributed by atoms with Crippen LogP contribution in [0.1, 0.15) is 143 Å². The van der Waals surface area contributed by atoms with Crippen LogP contribution in [-0.4, -0.2) is 225 Å². The molecule has 0 spiro atoms. The first kappa shape index (κ1) is 94.2. The lowest BCUT2D eigenvalue weighted by molar-refractivity contribution is -0.142. The van der Waals surface area contributed by atoms with Gasteiger partial charge in [-0.05, 0) is 88.5 Å². The van der Waals surface area contributed by atoms with Crippen molar-refractivity contribution in [3.63, 3.8) is 0 Å². The molecule has 0 heterocycles. The minimum atomic E-state index is -4.67. The van der Waals surface area contributed by atoms with Gasteiger partial charge in [0.15, 0.2) is 5.78 Å². The van der Waals surface area contributed by atoms with Crippen LogP contribution in [0.4, 0.5) is 26.3 Å². The molecule has 592 valence electrons. The average Bonchev–Trinajstić information content (AvgIpc) is 0.837. The molecule has 0 aliphatic rings. The number of hydrogen-bond acceptors (Lipinski definition) is 20. The molecule has 0 aliphatic heterocycles. The topological polar surface area (TPSA) is 391 Å². The van der Waals surface area contributed by atoms with Crippen LogP contribution in [0.15, 0.2) is 48.5 Å². The lowest BCUT2D eigenvalue weighted by atomic mass is 10.0. The Labute approximate surface area is 604 Å². The van der Waals surface area contributed by atoms with Crippen LogP contribution in [0.2, 0.25) is 0 Å². The zero-order valence-corrected chi connectivity index (χ0v) is 59.7. The zero-order valence-electron chi connectivity index (χ0n) is 59.7. The van der Waals surface area contributed by atoms with Crippen LogP contribution in [0, 0.1) is 11.8 Å². The van der Waals surface area contributed by atoms with Gasteiger partial charge in [-0.2, -0.15) is 26.3 Å². The maximum absolute atomic E-state index is 13.2. The first-order chi connectivity index (χ1) is 49.4. The SMILES string of the molecule is CC(=O)[C@@H](C)CCCCNC(=O)COCCOCCCC(=O)COCCOCCNC(=O)CC[C@H](NC(=O)Cc1ccccc1C(F)(F)F)C(=O)O.CC(=O)[C@@H](C)CCCCNC(=O)COCCOCCNC(=O)COCCOCCCC(=O)CC[C@H](NC(=O)Cc1ccccc1C(F)(F)F)C(=O)O.[HH].[HH]. The molecule has 0 aliphatic carbocycles. The molecule has 0 aromatic heterocycles. The average molecular weight is 1500 g/mol. The Bertz CT molecular complexity index is 2730. The van der Waals surface area contributed by atoms with Crippen molar-refractivity contribution in [1.82, 2.24) is 31.9 Å². The van der Waals surface area contributed by atoms with E-state index in [1.165, 1.54) is 24.3 Å². The lowest BCUT2D eigenvalue weighted by Crippen LogP contribution is -2.42. The molecule has 4 atom stereocenters. The monoisotopic (exact) mass is 1500 g/mol. The van der Waals surface area contributed by atoms with E-state index in [0.29, 0.717) is 32.5 Å². The summed E-state index contributed by atoms with van der Waals surface area (Å²) in [7, 11) is 0. The van der Waals surface area contributed by atoms with E-state index in [4.69, 9.17) is 37.9 Å². The van der Waals surface area contributed by atoms with Gasteiger partial charge >= 0.3 is 24.3 Å². The van der Waals surface area contributed by atoms with Crippen molar-refractivity contribution in [2.45, 2.75) is 155 Å². The highest BCUT2D eigenvalue weighted by Gasteiger charge is 2.35. The zero-order chi connectivity index (χ0) is 77.6. The number of unbranched alkanes of at least 4 members (excludes halogenated alkanes) is 2. The van der Waals surface area contributed by atoms with Crippen molar-refractivity contribution < 1.29 is 135 Å². The van der Waals surface area contributed by atoms with Crippen LogP contribution < -0.4 is 31.9 Å². The van der Waals surface area contributed by atoms with Gasteiger partial charge in [-0.25, -0.2) is 9.59 Å². The third-order valence-corrected chi connectivity index (χ3v) is 15.2. The number of carboxylic acid groups (broad SMARTS) is 2. The molecule has 0 fully saturated rings. The smallest absolute Gasteiger partial charge is 0.416 e. The number of nitrogens with one attached hydrogen (secondary N) is 6. The molecule has 0 saturated carbocycles. The van der Waals surface area contributed by atoms with E-state index in [1.807, 2.05) is 13.8 Å². The van der Waals surface area contributed by atoms with E-state index >= 15 is 0 Å². The molecule has 6 amide bonds. The Morgan fingerprint density at radius 2 is 0.712 bits per heavy atom. The van der Waals surface area contributed by atoms with Crippen LogP contribution in [-0.2, 0) is 121 Å². The fourth-order valence-corrected chi connectivity index (χ4v) is 9.11. The molecule has 0 radical (unpaired) electrons. The van der Waals surface area contributed by atoms with E-state index in [1.54, 1.807) is 13.8 Å². The fourth-order valence-electron chi connectivity index (χ4n) is 9.11. The molecular weight excluding hydrogens is 1390 g/mol. The van der Waals surface area contributed by atoms with Gasteiger partial charge in [0.2, 0.25) is 35.4 Å². The minimum Gasteiger partial charge on any atom is -0.480 e. The van der Waals surface area contributed by atoms with Gasteiger partial charge in [-0.3, -0.25) is 47.9 Å². The number of alkyl halides is 6. The Kier molecular flexibility index (Phi) is 51.2. The molecule has 0 unspecified atom stereocenters. The van der Waals surface area contributed by atoms with E-state index in [2.05, 4.69) is 31.9 Å². The molecular formula is C70H108F6N6O22. The van der Waals surface area contributed by atoms with E-state index in [0.717, 1.165) is 62.8 Å². The summed E-state index contributed by atoms with van der Waals surface area (Å²) in [5.41, 5.74) is -2.56. The van der Waals surface area contributed by atoms with Crippen molar-refractivity contribution >= 4 is 70.5 Å². The number of carbonyl (C=O) groups excluding carboxylic acids is 10. The van der Waals surface area contributed by atoms with Gasteiger partial charge in [0.05, 0.1) is 90.0 Å². The molecule has 2 aromatic rings. The summed E-state index contributed by atoms with van der Waals surface area (Å²) in [6, 6.07) is 6.10. The number of amides is 6. The molecule has 28 nitrogen and oxygen atoms in total. The number of carbonyl (C=O) groups is 12. The summed E-state index contributed by atoms with van der Waals surface area (Å²) < 4.78 is 121. The predicted molar refractivity (Wildman–Crippen MR) is 367 cm³/mol. The van der Waals surface area contributed by atoms with Crippen molar-refractivity contribution in [3.05, 3.63) is 70.8 Å². The van der Waals surface area contributed by atoms with Crippen molar-refractivity contribution in [3.8, 4) is 0 Å². The molecule has 8 N–H and O–H groups in total. The van der Waals surface area contributed by atoms with Gasteiger partial charge in [0, 0.05) is 79.8 Å². The number of aliphatic carboxylic acids is 2. The van der Waals surface area contributed by atoms with Crippen molar-refractivity contribution in [1.29, 1.82) is 0 Å². The number of carboxylic acids is 2. The number of rotatable bonds is 60. The summed E-state index contributed by atoms with van der Waals surface area (Å²) in [4.78, 5) is 142. The number of ether oxygens (including phenoxy) is 8. The minimum absolute atomic E-state index is 0. The first-order valence-corrected chi connectivity index (χ1v) is 34.5. The highest BCUT2D eigenvalue weighted by atomic mass is 19.4. The van der Waals surface area contributed by atoms with Crippen LogP contribution in [0.3, 0.4) is 0 Å². The maximum atomic E-state index is 13.2. The molecule has 0 saturated heterocycles. The maximum Gasteiger partial charge on any atom is 0.416 e. The van der Waals surface area contributed by atoms with Gasteiger partial charge in [-0.15, -0.1) is 0 Å². The van der Waals surface area contributed by atoms with Gasteiger partial charge in [0.1, 0.15) is 55.9 Å². The Morgan fingerprint density at radius 1 is 0.375 bits per heavy atom. The molecule has 34 heteroatoms. The highest BCUT2D eigenvalue weighted by molar-refractivity contribution is 5.87. The van der Waals surface area contributed by atoms with Crippen molar-refractivity contribution in [2.24, 2.45) is 11.8 Å². The van der Waals surface area contributed by atoms with Gasteiger partial charge in [-0.1, -0.05) is 63.1 Å². The number of ketones is 4. The van der Waals surface area contributed by atoms with Crippen LogP contribution in [0.5, 0.6) is 0 Å². The summed E-state index contributed by atoms with van der Waals surface area (Å²) in [6.07, 6.45) is -5.47. The number of Topliss-reactive ketones (excluding diaryl/α,β-unsaturated/α-hetero) is 4. The summed E-state index contributed by atoms with van der Waals surface area (Å²) in [5.74, 6) is -5.92. The molecule has 2 rings (SSSR count). The molecule has 2 aromatic carbocycles. The predicted octanol–water partition coefficient (Wildman–Crippen LogP) is 5.77. The second-order valence-electron chi connectivity index (χ2n) is 24.0. The van der Waals surface area contributed by atoms with E-state index < -0.39 is 78.1 Å². The third-order valence-electron chi connectivity index (χ3n) is 15.2. The second kappa shape index (κ2) is 56.5. The molecule has 0 bridgehead atoms. The third kappa shape index (κ3) is 49.7. The lowest BCUT2D eigenvalue weighted by Gasteiger charge is -2.16. The van der Waals surface area contributed by atoms with E-state index in [-0.39, 0.29) is 217 Å². The summed E-state index contributed by atoms with van der Waals surface area (Å²) in [6.45, 7) is 10.5. The van der Waals surface area contributed by atoms with E-state index in [9.17, 15) is 94.1 Å². The highest BCUT2D eigenvalue weighted by Crippen LogP contribution is 2.33. The number of hydrogen-bond donors (Lipinski definition) is 8. The second-order valence-corrected chi connectivity index (χ2v) is 24.0. The summed E-state index contributed by atoms with van der Waals surface area (Å²) >= 11 is 0. The van der Waals surface area contributed by atoms with Crippen molar-refractivity contribution in [2.75, 3.05) is 132 Å². The standard InChI is InChI=1S/2C35H52F3N3O11.2H2/c1-25(26(2)42)8-5-6-14-39-33(46)24-52-21-18-49-16-7-10-28(43)23-51-20-19-50-17-15-40-31(44)13-12-30(34(47)48)41-32(45)22-27-9-3-4-11-29(27)35(36,37)38;1-25(26(2)42)8-5-6-14-39-32(45)23-52-21-19-50-17-15-40-33(46)24-51-20-18-49-16-7-10-28(43)12-13-30(34(47)48)41-31(44)22-27-9-3-4-11-29(27)35(36,37)38;;/h3-4,9,11,25,30H,5-8,10,12-24H2,1-2H3,(H,39,46)(H,40,44)(H,41,45)(H,47,48);3-4,9,11,25,30H,5-8,10,12-24H2,1-2H3,(H,39,45)(H,40,46)(H,41,44)(H,47,48);2*1H/t2*25-,30-;;/m00../s1. The normalized spacial score (nSPS) is 12.5. The van der Waals surface area contributed by atoms with Gasteiger partial charge in [0.25, 0.3) is 0 Å². The number of halogens is 6. The quantitative estimate of drug-likeness (QED) is 0.0287. The van der Waals surface area contributed by atoms with Crippen LogP contribution in [0.25, 0.3) is 0 Å². The fraction of sp³-hybridized carbons (Fsp3) is 0.657. The Morgan fingerprint density at radius 3 is 1.10 bits per heavy atom. The first-order valence-electron chi connectivity index (χ1n) is 34.5.